The molecule has 0 fully saturated rings. The molecule has 2 N–H and O–H groups in total. The fourth-order valence-electron chi connectivity index (χ4n) is 2.92. The SMILES string of the molecule is Cc1nc2c(NC(=O)c3ccc(S(=O)(=O)N(CCCl)CCCl)cc3)cccc2[nH]1. The normalized spacial score (nSPS) is 11.9. The molecule has 1 aromatic heterocycles. The molecule has 154 valence electrons. The highest BCUT2D eigenvalue weighted by molar-refractivity contribution is 7.89. The number of aromatic nitrogens is 2. The molecule has 7 nitrogen and oxygen atoms in total. The number of aryl methyl sites for hydroxylation is 1. The lowest BCUT2D eigenvalue weighted by molar-refractivity contribution is 0.102. The second-order valence-corrected chi connectivity index (χ2v) is 8.98. The molecular formula is C19H20Cl2N4O3S. The molecule has 1 heterocycles. The van der Waals surface area contributed by atoms with Crippen LogP contribution in [0.1, 0.15) is 16.2 Å². The monoisotopic (exact) mass is 454 g/mol. The highest BCUT2D eigenvalue weighted by Crippen LogP contribution is 2.22. The number of rotatable bonds is 8. The number of imidazole rings is 1. The quantitative estimate of drug-likeness (QED) is 0.508. The van der Waals surface area contributed by atoms with Crippen LogP contribution in [0.5, 0.6) is 0 Å². The van der Waals surface area contributed by atoms with Crippen molar-refractivity contribution >= 4 is 55.9 Å². The van der Waals surface area contributed by atoms with Gasteiger partial charge in [0, 0.05) is 30.4 Å². The van der Waals surface area contributed by atoms with Crippen LogP contribution < -0.4 is 5.32 Å². The van der Waals surface area contributed by atoms with Crippen molar-refractivity contribution in [3.8, 4) is 0 Å². The Labute approximate surface area is 179 Å². The number of amides is 1. The Morgan fingerprint density at radius 3 is 2.38 bits per heavy atom. The summed E-state index contributed by atoms with van der Waals surface area (Å²) in [5, 5.41) is 2.82. The van der Waals surface area contributed by atoms with E-state index >= 15 is 0 Å². The van der Waals surface area contributed by atoms with Gasteiger partial charge in [-0.15, -0.1) is 23.2 Å². The average Bonchev–Trinajstić information content (AvgIpc) is 3.09. The summed E-state index contributed by atoms with van der Waals surface area (Å²) in [5.74, 6) is 0.707. The largest absolute Gasteiger partial charge is 0.342 e. The number of para-hydroxylation sites is 1. The molecule has 2 aromatic carbocycles. The molecule has 0 atom stereocenters. The van der Waals surface area contributed by atoms with Crippen LogP contribution in [-0.4, -0.2) is 53.4 Å². The number of H-pyrrole nitrogens is 1. The number of hydrogen-bond acceptors (Lipinski definition) is 4. The Morgan fingerprint density at radius 2 is 1.76 bits per heavy atom. The summed E-state index contributed by atoms with van der Waals surface area (Å²) in [6.07, 6.45) is 0. The maximum absolute atomic E-state index is 12.7. The average molecular weight is 455 g/mol. The van der Waals surface area contributed by atoms with E-state index in [-0.39, 0.29) is 35.7 Å². The number of benzene rings is 2. The third-order valence-corrected chi connectivity index (χ3v) is 6.55. The first-order valence-electron chi connectivity index (χ1n) is 8.85. The Balaban J connectivity index is 1.81. The summed E-state index contributed by atoms with van der Waals surface area (Å²) in [7, 11) is -3.73. The Morgan fingerprint density at radius 1 is 1.10 bits per heavy atom. The van der Waals surface area contributed by atoms with E-state index in [1.807, 2.05) is 19.1 Å². The van der Waals surface area contributed by atoms with E-state index in [0.29, 0.717) is 16.8 Å². The maximum Gasteiger partial charge on any atom is 0.255 e. The predicted molar refractivity (Wildman–Crippen MR) is 115 cm³/mol. The number of fused-ring (bicyclic) bond motifs is 1. The van der Waals surface area contributed by atoms with E-state index < -0.39 is 10.0 Å². The summed E-state index contributed by atoms with van der Waals surface area (Å²) < 4.78 is 26.7. The molecule has 0 radical (unpaired) electrons. The van der Waals surface area contributed by atoms with Gasteiger partial charge in [-0.3, -0.25) is 4.79 Å². The molecule has 0 bridgehead atoms. The number of carbonyl (C=O) groups is 1. The van der Waals surface area contributed by atoms with Gasteiger partial charge in [-0.25, -0.2) is 13.4 Å². The third-order valence-electron chi connectivity index (χ3n) is 4.30. The second kappa shape index (κ2) is 9.13. The zero-order valence-electron chi connectivity index (χ0n) is 15.7. The van der Waals surface area contributed by atoms with Crippen molar-refractivity contribution < 1.29 is 13.2 Å². The summed E-state index contributed by atoms with van der Waals surface area (Å²) in [6.45, 7) is 2.15. The van der Waals surface area contributed by atoms with Crippen molar-refractivity contribution in [1.29, 1.82) is 0 Å². The van der Waals surface area contributed by atoms with Crippen molar-refractivity contribution in [3.05, 3.63) is 53.9 Å². The topological polar surface area (TPSA) is 95.2 Å². The number of halogens is 2. The van der Waals surface area contributed by atoms with Crippen molar-refractivity contribution in [3.63, 3.8) is 0 Å². The second-order valence-electron chi connectivity index (χ2n) is 6.28. The summed E-state index contributed by atoms with van der Waals surface area (Å²) in [6, 6.07) is 11.2. The molecule has 0 spiro atoms. The molecule has 29 heavy (non-hydrogen) atoms. The molecule has 10 heteroatoms. The van der Waals surface area contributed by atoms with E-state index in [0.717, 1.165) is 11.3 Å². The number of nitrogens with zero attached hydrogens (tertiary/aromatic N) is 2. The molecule has 0 saturated carbocycles. The minimum atomic E-state index is -3.73. The van der Waals surface area contributed by atoms with E-state index in [2.05, 4.69) is 15.3 Å². The van der Waals surface area contributed by atoms with E-state index in [9.17, 15) is 13.2 Å². The maximum atomic E-state index is 12.7. The number of alkyl halides is 2. The number of anilines is 1. The van der Waals surface area contributed by atoms with Gasteiger partial charge in [-0.1, -0.05) is 6.07 Å². The van der Waals surface area contributed by atoms with Gasteiger partial charge < -0.3 is 10.3 Å². The first kappa shape index (κ1) is 21.6. The lowest BCUT2D eigenvalue weighted by atomic mass is 10.2. The molecule has 0 aliphatic carbocycles. The smallest absolute Gasteiger partial charge is 0.255 e. The number of aromatic amines is 1. The highest BCUT2D eigenvalue weighted by Gasteiger charge is 2.23. The van der Waals surface area contributed by atoms with Gasteiger partial charge in [0.1, 0.15) is 11.3 Å². The fourth-order valence-corrected chi connectivity index (χ4v) is 4.97. The van der Waals surface area contributed by atoms with Gasteiger partial charge in [-0.2, -0.15) is 4.31 Å². The number of sulfonamides is 1. The van der Waals surface area contributed by atoms with Gasteiger partial charge in [0.25, 0.3) is 5.91 Å². The zero-order valence-corrected chi connectivity index (χ0v) is 18.0. The highest BCUT2D eigenvalue weighted by atomic mass is 35.5. The van der Waals surface area contributed by atoms with Crippen molar-refractivity contribution in [2.24, 2.45) is 0 Å². The lowest BCUT2D eigenvalue weighted by Crippen LogP contribution is -2.34. The Bertz CT molecular complexity index is 1110. The van der Waals surface area contributed by atoms with Crippen LogP contribution in [0.2, 0.25) is 0 Å². The van der Waals surface area contributed by atoms with Crippen LogP contribution >= 0.6 is 23.2 Å². The number of hydrogen-bond donors (Lipinski definition) is 2. The minimum Gasteiger partial charge on any atom is -0.342 e. The molecule has 3 aromatic rings. The van der Waals surface area contributed by atoms with Crippen LogP contribution in [0.3, 0.4) is 0 Å². The van der Waals surface area contributed by atoms with Crippen molar-refractivity contribution in [2.45, 2.75) is 11.8 Å². The molecule has 0 saturated heterocycles. The summed E-state index contributed by atoms with van der Waals surface area (Å²) >= 11 is 11.4. The van der Waals surface area contributed by atoms with E-state index in [4.69, 9.17) is 23.2 Å². The van der Waals surface area contributed by atoms with Crippen LogP contribution in [0.15, 0.2) is 47.4 Å². The third kappa shape index (κ3) is 4.72. The zero-order chi connectivity index (χ0) is 21.0. The number of nitrogens with one attached hydrogen (secondary N) is 2. The molecule has 3 rings (SSSR count). The Kier molecular flexibility index (Phi) is 6.79. The number of carbonyl (C=O) groups excluding carboxylic acids is 1. The minimum absolute atomic E-state index is 0.0781. The van der Waals surface area contributed by atoms with Crippen LogP contribution in [0.4, 0.5) is 5.69 Å². The molecule has 1 amide bonds. The Hall–Kier alpha value is -2.13. The van der Waals surface area contributed by atoms with Gasteiger partial charge >= 0.3 is 0 Å². The standard InChI is InChI=1S/C19H20Cl2N4O3S/c1-13-22-16-3-2-4-17(18(16)23-13)24-19(26)14-5-7-15(8-6-14)29(27,28)25(11-9-20)12-10-21/h2-8H,9-12H2,1H3,(H,22,23)(H,24,26). The summed E-state index contributed by atoms with van der Waals surface area (Å²) in [5.41, 5.74) is 2.38. The van der Waals surface area contributed by atoms with Crippen LogP contribution in [0.25, 0.3) is 11.0 Å². The van der Waals surface area contributed by atoms with Gasteiger partial charge in [-0.05, 0) is 43.3 Å². The van der Waals surface area contributed by atoms with Crippen LogP contribution in [0, 0.1) is 6.92 Å². The van der Waals surface area contributed by atoms with Crippen molar-refractivity contribution in [2.75, 3.05) is 30.2 Å². The van der Waals surface area contributed by atoms with Crippen LogP contribution in [-0.2, 0) is 10.0 Å². The summed E-state index contributed by atoms with van der Waals surface area (Å²) in [4.78, 5) is 20.2. The van der Waals surface area contributed by atoms with Gasteiger partial charge in [0.2, 0.25) is 10.0 Å². The first-order valence-corrected chi connectivity index (χ1v) is 11.4. The van der Waals surface area contributed by atoms with Crippen molar-refractivity contribution in [1.82, 2.24) is 14.3 Å². The molecule has 0 aliphatic heterocycles. The van der Waals surface area contributed by atoms with E-state index in [1.165, 1.54) is 28.6 Å². The molecule has 0 unspecified atom stereocenters. The predicted octanol–water partition coefficient (Wildman–Crippen LogP) is 3.59. The molecule has 0 aliphatic rings. The lowest BCUT2D eigenvalue weighted by Gasteiger charge is -2.20. The fraction of sp³-hybridized carbons (Fsp3) is 0.263. The van der Waals surface area contributed by atoms with Gasteiger partial charge in [0.15, 0.2) is 0 Å². The first-order chi connectivity index (χ1) is 13.9. The van der Waals surface area contributed by atoms with Gasteiger partial charge in [0.05, 0.1) is 16.1 Å². The molecular weight excluding hydrogens is 435 g/mol. The van der Waals surface area contributed by atoms with E-state index in [1.54, 1.807) is 6.07 Å².